The van der Waals surface area contributed by atoms with Crippen molar-refractivity contribution in [3.8, 4) is 11.6 Å². The van der Waals surface area contributed by atoms with Gasteiger partial charge in [0.1, 0.15) is 5.03 Å². The molecule has 0 aliphatic heterocycles. The molecule has 1 aromatic carbocycles. The summed E-state index contributed by atoms with van der Waals surface area (Å²) in [5.74, 6) is -0.348. The van der Waals surface area contributed by atoms with Crippen LogP contribution in [-0.4, -0.2) is 26.3 Å². The van der Waals surface area contributed by atoms with Gasteiger partial charge in [0.25, 0.3) is 0 Å². The number of rotatable bonds is 3. The van der Waals surface area contributed by atoms with Gasteiger partial charge in [-0.25, -0.2) is 4.98 Å². The van der Waals surface area contributed by atoms with Gasteiger partial charge in [0, 0.05) is 10.8 Å². The average molecular weight is 378 g/mol. The lowest BCUT2D eigenvalue weighted by Crippen LogP contribution is -2.06. The zero-order valence-electron chi connectivity index (χ0n) is 15.3. The van der Waals surface area contributed by atoms with E-state index < -0.39 is 5.97 Å². The lowest BCUT2D eigenvalue weighted by atomic mass is 9.83. The fourth-order valence-corrected chi connectivity index (χ4v) is 3.37. The second kappa shape index (κ2) is 9.12. The molecule has 1 aliphatic rings. The molecule has 0 amide bonds. The van der Waals surface area contributed by atoms with E-state index in [-0.39, 0.29) is 22.6 Å². The van der Waals surface area contributed by atoms with E-state index in [9.17, 15) is 15.0 Å². The van der Waals surface area contributed by atoms with Crippen molar-refractivity contribution < 1.29 is 20.1 Å². The minimum atomic E-state index is -0.706. The van der Waals surface area contributed by atoms with Crippen molar-refractivity contribution in [2.45, 2.75) is 63.3 Å². The summed E-state index contributed by atoms with van der Waals surface area (Å²) in [6.07, 6.45) is 6.99. The maximum atomic E-state index is 9.93. The van der Waals surface area contributed by atoms with Crippen LogP contribution < -0.4 is 0 Å². The van der Waals surface area contributed by atoms with Gasteiger partial charge in [-0.2, -0.15) is 0 Å². The van der Waals surface area contributed by atoms with Crippen molar-refractivity contribution in [2.24, 2.45) is 5.92 Å². The van der Waals surface area contributed by atoms with Gasteiger partial charge < -0.3 is 15.3 Å². The number of carbonyl (C=O) groups is 1. The molecule has 1 saturated carbocycles. The summed E-state index contributed by atoms with van der Waals surface area (Å²) in [6.45, 7) is 3.56. The van der Waals surface area contributed by atoms with Crippen LogP contribution in [0.4, 0.5) is 0 Å². The third-order valence-electron chi connectivity index (χ3n) is 5.07. The van der Waals surface area contributed by atoms with E-state index in [4.69, 9.17) is 5.11 Å². The second-order valence-electron chi connectivity index (χ2n) is 6.90. The standard InChI is InChI=1S/C15H17NO2S.C5H10O2/c17-13-11-7-6-10(9-4-2-1-3-5-9)8-12(11)14(18)16-15(13)19;1-3-4(2)5(6)7/h6-9,17H,1-5H2,(H2,16,18,19);4H,3H2,1-2H3,(H,6,7). The number of hydrogen-bond acceptors (Lipinski definition) is 5. The Morgan fingerprint density at radius 1 is 1.23 bits per heavy atom. The largest absolute Gasteiger partial charge is 0.505 e. The van der Waals surface area contributed by atoms with E-state index in [1.54, 1.807) is 6.92 Å². The van der Waals surface area contributed by atoms with Gasteiger partial charge in [-0.3, -0.25) is 4.79 Å². The van der Waals surface area contributed by atoms with E-state index in [2.05, 4.69) is 17.6 Å². The highest BCUT2D eigenvalue weighted by atomic mass is 32.1. The summed E-state index contributed by atoms with van der Waals surface area (Å²) in [5.41, 5.74) is 1.23. The number of fused-ring (bicyclic) bond motifs is 1. The van der Waals surface area contributed by atoms with Gasteiger partial charge in [-0.1, -0.05) is 45.2 Å². The quantitative estimate of drug-likeness (QED) is 0.559. The third kappa shape index (κ3) is 4.81. The number of hydrogen-bond donors (Lipinski definition) is 4. The summed E-state index contributed by atoms with van der Waals surface area (Å²) < 4.78 is 0. The van der Waals surface area contributed by atoms with Gasteiger partial charge in [0.05, 0.1) is 5.92 Å². The summed E-state index contributed by atoms with van der Waals surface area (Å²) in [7, 11) is 0. The average Bonchev–Trinajstić information content (AvgIpc) is 2.66. The van der Waals surface area contributed by atoms with Crippen molar-refractivity contribution >= 4 is 29.4 Å². The zero-order chi connectivity index (χ0) is 19.3. The molecule has 1 aromatic heterocycles. The smallest absolute Gasteiger partial charge is 0.306 e. The van der Waals surface area contributed by atoms with E-state index in [0.717, 1.165) is 6.42 Å². The van der Waals surface area contributed by atoms with Gasteiger partial charge in [-0.05, 0) is 36.8 Å². The zero-order valence-corrected chi connectivity index (χ0v) is 16.2. The first-order valence-corrected chi connectivity index (χ1v) is 9.57. The number of carboxylic acid groups (broad SMARTS) is 1. The van der Waals surface area contributed by atoms with Crippen LogP contribution in [0, 0.1) is 5.92 Å². The van der Waals surface area contributed by atoms with Crippen molar-refractivity contribution in [2.75, 3.05) is 0 Å². The summed E-state index contributed by atoms with van der Waals surface area (Å²) >= 11 is 4.05. The Balaban J connectivity index is 0.000000298. The van der Waals surface area contributed by atoms with Crippen molar-refractivity contribution in [1.82, 2.24) is 4.98 Å². The molecule has 142 valence electrons. The molecular formula is C20H27NO4S. The predicted octanol–water partition coefficient (Wildman–Crippen LogP) is 5.10. The fourth-order valence-electron chi connectivity index (χ4n) is 3.15. The first-order valence-electron chi connectivity index (χ1n) is 9.12. The van der Waals surface area contributed by atoms with Gasteiger partial charge in [-0.15, -0.1) is 12.6 Å². The Labute approximate surface area is 159 Å². The monoisotopic (exact) mass is 377 g/mol. The molecule has 0 radical (unpaired) electrons. The highest BCUT2D eigenvalue weighted by Crippen LogP contribution is 2.39. The topological polar surface area (TPSA) is 90.7 Å². The van der Waals surface area contributed by atoms with Crippen LogP contribution in [0.5, 0.6) is 11.6 Å². The lowest BCUT2D eigenvalue weighted by molar-refractivity contribution is -0.141. The molecule has 3 N–H and O–H groups in total. The molecule has 0 bridgehead atoms. The first-order chi connectivity index (χ1) is 12.3. The Bertz CT molecular complexity index is 772. The summed E-state index contributed by atoms with van der Waals surface area (Å²) in [6, 6.07) is 5.86. The number of thiol groups is 1. The second-order valence-corrected chi connectivity index (χ2v) is 7.32. The van der Waals surface area contributed by atoms with Crippen LogP contribution in [-0.2, 0) is 4.79 Å². The molecule has 1 heterocycles. The van der Waals surface area contributed by atoms with E-state index in [0.29, 0.717) is 16.7 Å². The van der Waals surface area contributed by atoms with Crippen LogP contribution in [0.1, 0.15) is 63.9 Å². The van der Waals surface area contributed by atoms with Crippen LogP contribution in [0.25, 0.3) is 10.8 Å². The molecule has 0 spiro atoms. The minimum absolute atomic E-state index is 0.0336. The van der Waals surface area contributed by atoms with Gasteiger partial charge >= 0.3 is 5.97 Å². The fraction of sp³-hybridized carbons (Fsp3) is 0.500. The molecular weight excluding hydrogens is 350 g/mol. The third-order valence-corrected chi connectivity index (χ3v) is 5.39. The molecule has 6 heteroatoms. The van der Waals surface area contributed by atoms with Crippen molar-refractivity contribution in [1.29, 1.82) is 0 Å². The number of aromatic nitrogens is 1. The van der Waals surface area contributed by atoms with Crippen LogP contribution >= 0.6 is 12.6 Å². The van der Waals surface area contributed by atoms with E-state index >= 15 is 0 Å². The maximum absolute atomic E-state index is 9.93. The van der Waals surface area contributed by atoms with E-state index in [1.165, 1.54) is 37.7 Å². The molecule has 0 saturated heterocycles. The highest BCUT2D eigenvalue weighted by Gasteiger charge is 2.18. The summed E-state index contributed by atoms with van der Waals surface area (Å²) in [5, 5.41) is 29.4. The Hall–Kier alpha value is -1.95. The first kappa shape index (κ1) is 20.4. The minimum Gasteiger partial charge on any atom is -0.505 e. The molecule has 5 nitrogen and oxygen atoms in total. The predicted molar refractivity (Wildman–Crippen MR) is 105 cm³/mol. The molecule has 3 rings (SSSR count). The lowest BCUT2D eigenvalue weighted by Gasteiger charge is -2.22. The normalized spacial score (nSPS) is 16.0. The van der Waals surface area contributed by atoms with Gasteiger partial charge in [0.15, 0.2) is 5.75 Å². The number of benzene rings is 1. The van der Waals surface area contributed by atoms with E-state index in [1.807, 2.05) is 25.1 Å². The Kier molecular flexibility index (Phi) is 7.14. The highest BCUT2D eigenvalue weighted by molar-refractivity contribution is 7.80. The van der Waals surface area contributed by atoms with Crippen LogP contribution in [0.2, 0.25) is 0 Å². The van der Waals surface area contributed by atoms with Crippen LogP contribution in [0.3, 0.4) is 0 Å². The number of nitrogens with zero attached hydrogens (tertiary/aromatic N) is 1. The number of carboxylic acids is 1. The number of aliphatic carboxylic acids is 1. The van der Waals surface area contributed by atoms with Crippen molar-refractivity contribution in [3.05, 3.63) is 23.8 Å². The van der Waals surface area contributed by atoms with Crippen LogP contribution in [0.15, 0.2) is 23.2 Å². The number of aromatic hydroxyl groups is 2. The molecule has 1 aliphatic carbocycles. The SMILES string of the molecule is CCC(C)C(=O)O.Oc1nc(S)c(O)c2ccc(C3CCCCC3)cc12. The Morgan fingerprint density at radius 2 is 1.88 bits per heavy atom. The van der Waals surface area contributed by atoms with Crippen molar-refractivity contribution in [3.63, 3.8) is 0 Å². The molecule has 1 atom stereocenters. The number of pyridine rings is 1. The van der Waals surface area contributed by atoms with Gasteiger partial charge in [0.2, 0.25) is 5.88 Å². The maximum Gasteiger partial charge on any atom is 0.306 e. The molecule has 2 aromatic rings. The Morgan fingerprint density at radius 3 is 2.42 bits per heavy atom. The molecule has 1 unspecified atom stereocenters. The molecule has 26 heavy (non-hydrogen) atoms. The molecule has 1 fully saturated rings. The summed E-state index contributed by atoms with van der Waals surface area (Å²) in [4.78, 5) is 13.8.